The molecule has 8 rings (SSSR count). The maximum atomic E-state index is 11.4. The summed E-state index contributed by atoms with van der Waals surface area (Å²) in [6, 6.07) is 44.6. The number of pyridine rings is 1. The van der Waals surface area contributed by atoms with Crippen LogP contribution in [0.15, 0.2) is 134 Å². The van der Waals surface area contributed by atoms with Gasteiger partial charge in [0.15, 0.2) is 0 Å². The zero-order valence-corrected chi connectivity index (χ0v) is 38.7. The molecule has 61 heavy (non-hydrogen) atoms. The minimum absolute atomic E-state index is 0. The minimum atomic E-state index is -2.55. The van der Waals surface area contributed by atoms with Crippen molar-refractivity contribution < 1.29 is 33.0 Å². The maximum Gasteiger partial charge on any atom is 0.148 e. The van der Waals surface area contributed by atoms with Crippen LogP contribution in [0.3, 0.4) is 0 Å². The number of benzene rings is 6. The second kappa shape index (κ2) is 17.4. The summed E-state index contributed by atoms with van der Waals surface area (Å²) in [7, 11) is 0. The number of hydrogen-bond donors (Lipinski definition) is 1. The molecule has 0 saturated carbocycles. The molecular weight excluding hydrogens is 926 g/mol. The quantitative estimate of drug-likeness (QED) is 0.147. The number of aromatic nitrogens is 3. The minimum Gasteiger partial charge on any atom is -0.507 e. The summed E-state index contributed by atoms with van der Waals surface area (Å²) < 4.78 is 46.3. The molecule has 0 spiro atoms. The second-order valence-electron chi connectivity index (χ2n) is 17.6. The van der Waals surface area contributed by atoms with Crippen molar-refractivity contribution in [3.63, 3.8) is 0 Å². The molecule has 0 atom stereocenters. The van der Waals surface area contributed by atoms with E-state index in [0.29, 0.717) is 28.1 Å². The van der Waals surface area contributed by atoms with Crippen molar-refractivity contribution in [3.8, 4) is 67.5 Å². The smallest absolute Gasteiger partial charge is 0.148 e. The van der Waals surface area contributed by atoms with Gasteiger partial charge in [0.25, 0.3) is 0 Å². The predicted molar refractivity (Wildman–Crippen MR) is 252 cm³/mol. The first-order valence-corrected chi connectivity index (χ1v) is 20.7. The van der Waals surface area contributed by atoms with Gasteiger partial charge in [-0.05, 0) is 111 Å². The standard InChI is InChI=1S/C56H56N3O.Pt/c1-34(2)38-21-23-39(24-22-38)40-27-28-57-49(33-40)43-30-42(31-44(32-43)56(8,9)10)47-18-14-19-51-54(47)58-55(48-15-11-12-20-52(48)60)59(51)50-26-25-41(29-37(50)7)53-45(35(3)4)16-13-17-46(53)36(5)6;/h11-29,31-36,60H,1-10H3;/q-1;/i7D3,34D,35D;. The van der Waals surface area contributed by atoms with Gasteiger partial charge < -0.3 is 5.11 Å². The third kappa shape index (κ3) is 8.53. The van der Waals surface area contributed by atoms with Crippen LogP contribution in [0.5, 0.6) is 5.75 Å². The van der Waals surface area contributed by atoms with Crippen LogP contribution in [0.2, 0.25) is 0 Å². The van der Waals surface area contributed by atoms with E-state index in [9.17, 15) is 5.11 Å². The van der Waals surface area contributed by atoms with Crippen molar-refractivity contribution in [1.29, 1.82) is 0 Å². The Labute approximate surface area is 384 Å². The van der Waals surface area contributed by atoms with Gasteiger partial charge in [0.05, 0.1) is 22.3 Å². The van der Waals surface area contributed by atoms with Crippen molar-refractivity contribution in [2.24, 2.45) is 0 Å². The third-order valence-corrected chi connectivity index (χ3v) is 11.5. The largest absolute Gasteiger partial charge is 0.507 e. The van der Waals surface area contributed by atoms with Gasteiger partial charge in [-0.15, -0.1) is 29.3 Å². The number of para-hydroxylation sites is 2. The van der Waals surface area contributed by atoms with E-state index >= 15 is 0 Å². The molecule has 0 aliphatic rings. The van der Waals surface area contributed by atoms with Gasteiger partial charge in [-0.2, -0.15) is 0 Å². The summed E-state index contributed by atoms with van der Waals surface area (Å²) in [4.78, 5) is 10.1. The van der Waals surface area contributed by atoms with Crippen LogP contribution in [0.4, 0.5) is 0 Å². The number of aryl methyl sites for hydroxylation is 1. The third-order valence-electron chi connectivity index (χ3n) is 11.5. The molecule has 0 unspecified atom stereocenters. The van der Waals surface area contributed by atoms with Crippen molar-refractivity contribution in [3.05, 3.63) is 167 Å². The zero-order valence-electron chi connectivity index (χ0n) is 41.4. The van der Waals surface area contributed by atoms with Gasteiger partial charge in [0, 0.05) is 39.8 Å². The van der Waals surface area contributed by atoms with Gasteiger partial charge >= 0.3 is 0 Å². The van der Waals surface area contributed by atoms with Gasteiger partial charge in [0.2, 0.25) is 0 Å². The van der Waals surface area contributed by atoms with Crippen LogP contribution >= 0.6 is 0 Å². The van der Waals surface area contributed by atoms with Crippen LogP contribution in [0, 0.1) is 12.9 Å². The summed E-state index contributed by atoms with van der Waals surface area (Å²) in [6.07, 6.45) is 1.81. The van der Waals surface area contributed by atoms with Crippen molar-refractivity contribution in [1.82, 2.24) is 14.5 Å². The Hall–Kier alpha value is -5.57. The Morgan fingerprint density at radius 2 is 1.38 bits per heavy atom. The summed E-state index contributed by atoms with van der Waals surface area (Å²) in [5.41, 5.74) is 12.6. The fourth-order valence-electron chi connectivity index (χ4n) is 8.12. The number of aromatic hydroxyl groups is 1. The van der Waals surface area contributed by atoms with Gasteiger partial charge in [-0.1, -0.05) is 152 Å². The topological polar surface area (TPSA) is 50.9 Å². The van der Waals surface area contributed by atoms with Gasteiger partial charge in [-0.25, -0.2) is 4.98 Å². The molecule has 1 N–H and O–H groups in total. The molecule has 2 aromatic heterocycles. The Morgan fingerprint density at radius 3 is 2.07 bits per heavy atom. The number of phenols is 1. The van der Waals surface area contributed by atoms with Crippen LogP contribution in [0.25, 0.3) is 72.7 Å². The van der Waals surface area contributed by atoms with E-state index in [0.717, 1.165) is 66.9 Å². The second-order valence-corrected chi connectivity index (χ2v) is 17.6. The maximum absolute atomic E-state index is 11.4. The van der Waals surface area contributed by atoms with E-state index in [1.165, 1.54) is 0 Å². The van der Waals surface area contributed by atoms with Crippen LogP contribution in [0.1, 0.15) is 115 Å². The molecule has 0 radical (unpaired) electrons. The Kier molecular flexibility index (Phi) is 10.6. The van der Waals surface area contributed by atoms with E-state index in [1.807, 2.05) is 105 Å². The molecule has 2 heterocycles. The molecule has 0 saturated heterocycles. The van der Waals surface area contributed by atoms with E-state index < -0.39 is 18.6 Å². The Balaban J connectivity index is 0.00000648. The van der Waals surface area contributed by atoms with Crippen LogP contribution < -0.4 is 0 Å². The molecule has 0 amide bonds. The number of imidazole rings is 1. The molecule has 4 nitrogen and oxygen atoms in total. The first kappa shape index (κ1) is 37.2. The number of rotatable bonds is 9. The fourth-order valence-corrected chi connectivity index (χ4v) is 8.12. The van der Waals surface area contributed by atoms with Gasteiger partial charge in [0.1, 0.15) is 11.6 Å². The summed E-state index contributed by atoms with van der Waals surface area (Å²) in [5.74, 6) is -1.12. The molecule has 312 valence electrons. The Bertz CT molecular complexity index is 3080. The molecule has 0 fully saturated rings. The molecule has 5 heteroatoms. The number of phenolic OH excluding ortho intramolecular Hbond substituents is 1. The zero-order chi connectivity index (χ0) is 46.8. The van der Waals surface area contributed by atoms with Gasteiger partial charge in [-0.3, -0.25) is 9.55 Å². The van der Waals surface area contributed by atoms with E-state index in [4.69, 9.17) is 16.8 Å². The van der Waals surface area contributed by atoms with Crippen molar-refractivity contribution >= 4 is 11.0 Å². The van der Waals surface area contributed by atoms with Crippen molar-refractivity contribution in [2.45, 2.75) is 92.3 Å². The molecule has 0 aliphatic carbocycles. The molecule has 0 aliphatic heterocycles. The molecular formula is C56H56N3OPt-. The summed E-state index contributed by atoms with van der Waals surface area (Å²) in [5, 5.41) is 11.4. The number of nitrogens with zero attached hydrogens (tertiary/aromatic N) is 3. The predicted octanol–water partition coefficient (Wildman–Crippen LogP) is 15.2. The fraction of sp³-hybridized carbons (Fsp3) is 0.250. The number of hydrogen-bond acceptors (Lipinski definition) is 3. The first-order valence-electron chi connectivity index (χ1n) is 23.2. The molecule has 6 aromatic carbocycles. The molecule has 8 aromatic rings. The van der Waals surface area contributed by atoms with E-state index in [1.54, 1.807) is 24.3 Å². The van der Waals surface area contributed by atoms with E-state index in [-0.39, 0.29) is 43.7 Å². The average Bonchev–Trinajstić information content (AvgIpc) is 3.64. The number of fused-ring (bicyclic) bond motifs is 1. The van der Waals surface area contributed by atoms with Crippen LogP contribution in [-0.4, -0.2) is 19.6 Å². The van der Waals surface area contributed by atoms with E-state index in [2.05, 4.69) is 77.1 Å². The van der Waals surface area contributed by atoms with Crippen LogP contribution in [-0.2, 0) is 26.5 Å². The SMILES string of the molecule is [2H]C([2H])([2H])c1cc(-c2c(C(C)C)cccc2C([2H])(C)C)ccc1-n1c(-c2ccccc2O)nc2c(-c3[c-]c(-c4cc(-c5ccc(C([2H])(C)C)cc5)ccn4)cc(C(C)(C)C)c3)cccc21.[Pt]. The first-order chi connectivity index (χ1) is 30.5. The normalized spacial score (nSPS) is 13.6. The molecule has 0 bridgehead atoms. The summed E-state index contributed by atoms with van der Waals surface area (Å²) in [6.45, 7) is 15.7. The average molecular weight is 987 g/mol. The summed E-state index contributed by atoms with van der Waals surface area (Å²) >= 11 is 0. The Morgan fingerprint density at radius 1 is 0.689 bits per heavy atom. The van der Waals surface area contributed by atoms with Crippen molar-refractivity contribution in [2.75, 3.05) is 0 Å². The monoisotopic (exact) mass is 986 g/mol.